The Labute approximate surface area is 245 Å². The van der Waals surface area contributed by atoms with Crippen molar-refractivity contribution in [1.82, 2.24) is 9.21 Å². The highest BCUT2D eigenvalue weighted by Crippen LogP contribution is 2.57. The van der Waals surface area contributed by atoms with Gasteiger partial charge < -0.3 is 14.4 Å². The fraction of sp³-hybridized carbons (Fsp3) is 0.424. The quantitative estimate of drug-likeness (QED) is 0.286. The molecule has 2 atom stereocenters. The van der Waals surface area contributed by atoms with Crippen LogP contribution in [0.5, 0.6) is 5.75 Å². The van der Waals surface area contributed by atoms with Crippen LogP contribution in [0.15, 0.2) is 65.6 Å². The maximum absolute atomic E-state index is 12.8. The lowest BCUT2D eigenvalue weighted by Crippen LogP contribution is -2.34. The van der Waals surface area contributed by atoms with Gasteiger partial charge in [-0.1, -0.05) is 55.5 Å². The van der Waals surface area contributed by atoms with Gasteiger partial charge in [-0.15, -0.1) is 10.8 Å². The molecule has 0 saturated heterocycles. The van der Waals surface area contributed by atoms with Crippen LogP contribution in [-0.4, -0.2) is 57.1 Å². The minimum absolute atomic E-state index is 0.168. The second-order valence-corrected chi connectivity index (χ2v) is 13.2. The van der Waals surface area contributed by atoms with E-state index in [0.29, 0.717) is 30.3 Å². The number of esters is 1. The molecule has 3 aromatic rings. The summed E-state index contributed by atoms with van der Waals surface area (Å²) in [6, 6.07) is 20.1. The third kappa shape index (κ3) is 6.47. The van der Waals surface area contributed by atoms with Crippen LogP contribution in [0.3, 0.4) is 0 Å². The van der Waals surface area contributed by atoms with Gasteiger partial charge in [0, 0.05) is 25.6 Å². The summed E-state index contributed by atoms with van der Waals surface area (Å²) in [6.07, 6.45) is 1.84. The van der Waals surface area contributed by atoms with E-state index >= 15 is 0 Å². The van der Waals surface area contributed by atoms with Crippen molar-refractivity contribution in [2.24, 2.45) is 0 Å². The van der Waals surface area contributed by atoms with E-state index in [1.54, 1.807) is 16.4 Å². The number of hydrogen-bond donors (Lipinski definition) is 2. The Morgan fingerprint density at radius 2 is 1.83 bits per heavy atom. The molecular formula is C33H42N2O5S. The average molecular weight is 579 g/mol. The van der Waals surface area contributed by atoms with Crippen LogP contribution in [0, 0.1) is 6.92 Å². The standard InChI is InChI=1S/C33H42N2O5S/c1-5-29-22-35(41(37,38)32-10-8-7-9-31(32)40-29)21-27-17-25(12-11-23(27)3)30(19-33(36)39-6-2)26-14-13-24-15-16-34(4)20-28(24)18-26/h7-14,17-18,29-30,37-38H,5-6,15-16,19-22H2,1-4H3/t29-,30?/m1/s1. The molecule has 0 saturated carbocycles. The van der Waals surface area contributed by atoms with Crippen molar-refractivity contribution in [2.45, 2.75) is 70.0 Å². The fourth-order valence-corrected chi connectivity index (χ4v) is 7.46. The number of nitrogens with zero attached hydrogens (tertiary/aromatic N) is 2. The Morgan fingerprint density at radius 3 is 2.61 bits per heavy atom. The van der Waals surface area contributed by atoms with Crippen LogP contribution >= 0.6 is 10.8 Å². The summed E-state index contributed by atoms with van der Waals surface area (Å²) in [7, 11) is -1.14. The Hall–Kier alpha value is -2.88. The van der Waals surface area contributed by atoms with E-state index in [9.17, 15) is 13.9 Å². The van der Waals surface area contributed by atoms with Crippen LogP contribution in [0.4, 0.5) is 0 Å². The molecular weight excluding hydrogens is 536 g/mol. The van der Waals surface area contributed by atoms with Gasteiger partial charge in [0.15, 0.2) is 0 Å². The number of aryl methyl sites for hydroxylation is 1. The van der Waals surface area contributed by atoms with Gasteiger partial charge in [0.25, 0.3) is 0 Å². The molecule has 220 valence electrons. The third-order valence-corrected chi connectivity index (χ3v) is 10.2. The molecule has 5 rings (SSSR count). The number of carbonyl (C=O) groups is 1. The monoisotopic (exact) mass is 578 g/mol. The summed E-state index contributed by atoms with van der Waals surface area (Å²) in [5.74, 6) is 0.124. The SMILES string of the molecule is CCOC(=O)CC(c1ccc(C)c(CN2C[C@@H](CC)Oc3ccccc3S2(O)O)c1)c1ccc2c(c1)CN(C)CC2. The summed E-state index contributed by atoms with van der Waals surface area (Å²) in [5, 5.41) is 0. The molecule has 0 bridgehead atoms. The van der Waals surface area contributed by atoms with E-state index in [2.05, 4.69) is 48.3 Å². The summed E-state index contributed by atoms with van der Waals surface area (Å²) in [4.78, 5) is 15.5. The van der Waals surface area contributed by atoms with E-state index in [4.69, 9.17) is 9.47 Å². The van der Waals surface area contributed by atoms with Crippen LogP contribution < -0.4 is 4.74 Å². The maximum atomic E-state index is 12.8. The first-order valence-electron chi connectivity index (χ1n) is 14.5. The number of para-hydroxylation sites is 1. The van der Waals surface area contributed by atoms with Crippen molar-refractivity contribution in [3.05, 3.63) is 94.0 Å². The molecule has 0 aromatic heterocycles. The normalized spacial score (nSPS) is 20.2. The van der Waals surface area contributed by atoms with E-state index in [-0.39, 0.29) is 24.4 Å². The van der Waals surface area contributed by atoms with Crippen molar-refractivity contribution in [2.75, 3.05) is 26.7 Å². The van der Waals surface area contributed by atoms with Gasteiger partial charge in [0.2, 0.25) is 0 Å². The van der Waals surface area contributed by atoms with Crippen LogP contribution in [0.2, 0.25) is 0 Å². The van der Waals surface area contributed by atoms with Gasteiger partial charge >= 0.3 is 5.97 Å². The number of benzene rings is 3. The molecule has 1 unspecified atom stereocenters. The molecule has 0 fully saturated rings. The molecule has 2 heterocycles. The number of fused-ring (bicyclic) bond motifs is 2. The van der Waals surface area contributed by atoms with Crippen molar-refractivity contribution in [1.29, 1.82) is 0 Å². The number of ether oxygens (including phenoxy) is 2. The Kier molecular flexibility index (Phi) is 9.06. The van der Waals surface area contributed by atoms with Gasteiger partial charge in [-0.2, -0.15) is 4.31 Å². The molecule has 8 heteroatoms. The first kappa shape index (κ1) is 29.6. The highest BCUT2D eigenvalue weighted by atomic mass is 32.3. The zero-order chi connectivity index (χ0) is 29.1. The lowest BCUT2D eigenvalue weighted by atomic mass is 9.84. The minimum atomic E-state index is -3.27. The minimum Gasteiger partial charge on any atom is -0.487 e. The highest BCUT2D eigenvalue weighted by molar-refractivity contribution is 8.22. The molecule has 41 heavy (non-hydrogen) atoms. The third-order valence-electron chi connectivity index (χ3n) is 8.29. The summed E-state index contributed by atoms with van der Waals surface area (Å²) in [6.45, 7) is 8.93. The van der Waals surface area contributed by atoms with E-state index in [1.807, 2.05) is 32.9 Å². The topological polar surface area (TPSA) is 82.5 Å². The Morgan fingerprint density at radius 1 is 1.07 bits per heavy atom. The molecule has 0 aliphatic carbocycles. The zero-order valence-corrected chi connectivity index (χ0v) is 25.3. The van der Waals surface area contributed by atoms with Crippen LogP contribution in [0.25, 0.3) is 0 Å². The first-order valence-corrected chi connectivity index (χ1v) is 16.0. The number of rotatable bonds is 8. The first-order chi connectivity index (χ1) is 19.7. The van der Waals surface area contributed by atoms with Gasteiger partial charge in [0.1, 0.15) is 16.7 Å². The molecule has 0 spiro atoms. The van der Waals surface area contributed by atoms with Gasteiger partial charge in [-0.05, 0) is 79.3 Å². The number of carbonyl (C=O) groups excluding carboxylic acids is 1. The average Bonchev–Trinajstić information content (AvgIpc) is 3.06. The number of likely N-dealkylation sites (N-methyl/N-ethyl adjacent to an activating group) is 1. The van der Waals surface area contributed by atoms with Gasteiger partial charge in [-0.25, -0.2) is 0 Å². The second-order valence-electron chi connectivity index (χ2n) is 11.2. The molecule has 7 nitrogen and oxygen atoms in total. The van der Waals surface area contributed by atoms with Crippen LogP contribution in [-0.2, 0) is 29.0 Å². The largest absolute Gasteiger partial charge is 0.487 e. The summed E-state index contributed by atoms with van der Waals surface area (Å²) >= 11 is 0. The van der Waals surface area contributed by atoms with Crippen molar-refractivity contribution in [3.63, 3.8) is 0 Å². The molecule has 2 N–H and O–H groups in total. The van der Waals surface area contributed by atoms with Crippen LogP contribution in [0.1, 0.15) is 66.0 Å². The van der Waals surface area contributed by atoms with Gasteiger partial charge in [-0.3, -0.25) is 13.9 Å². The summed E-state index contributed by atoms with van der Waals surface area (Å²) in [5.41, 5.74) is 6.82. The Bertz CT molecular complexity index is 1390. The van der Waals surface area contributed by atoms with Crippen molar-refractivity contribution in [3.8, 4) is 5.75 Å². The predicted octanol–water partition coefficient (Wildman–Crippen LogP) is 6.77. The molecule has 0 radical (unpaired) electrons. The number of hydrogen-bond acceptors (Lipinski definition) is 7. The van der Waals surface area contributed by atoms with E-state index in [1.165, 1.54) is 11.1 Å². The zero-order valence-electron chi connectivity index (χ0n) is 24.5. The molecule has 0 amide bonds. The Balaban J connectivity index is 1.51. The van der Waals surface area contributed by atoms with E-state index in [0.717, 1.165) is 48.2 Å². The van der Waals surface area contributed by atoms with E-state index < -0.39 is 10.8 Å². The lowest BCUT2D eigenvalue weighted by molar-refractivity contribution is -0.143. The highest BCUT2D eigenvalue weighted by Gasteiger charge is 2.35. The second kappa shape index (κ2) is 12.5. The summed E-state index contributed by atoms with van der Waals surface area (Å²) < 4.78 is 36.4. The molecule has 3 aromatic carbocycles. The smallest absolute Gasteiger partial charge is 0.306 e. The maximum Gasteiger partial charge on any atom is 0.306 e. The predicted molar refractivity (Wildman–Crippen MR) is 163 cm³/mol. The fourth-order valence-electron chi connectivity index (χ4n) is 5.85. The van der Waals surface area contributed by atoms with Crippen molar-refractivity contribution >= 4 is 16.7 Å². The lowest BCUT2D eigenvalue weighted by Gasteiger charge is -2.42. The molecule has 2 aliphatic rings. The van der Waals surface area contributed by atoms with Gasteiger partial charge in [0.05, 0.1) is 19.6 Å². The van der Waals surface area contributed by atoms with Crippen molar-refractivity contribution < 1.29 is 23.4 Å². The molecule has 2 aliphatic heterocycles.